The van der Waals surface area contributed by atoms with E-state index in [0.717, 1.165) is 22.3 Å². The lowest BCUT2D eigenvalue weighted by molar-refractivity contribution is 0.312. The molecule has 0 fully saturated rings. The van der Waals surface area contributed by atoms with Gasteiger partial charge in [0.05, 0.1) is 11.6 Å². The van der Waals surface area contributed by atoms with Crippen LogP contribution >= 0.6 is 22.9 Å². The SMILES string of the molecule is CN(Cc1sccc1Cl)Cc1nnc2c(=O)n(C)ccn12. The highest BCUT2D eigenvalue weighted by Crippen LogP contribution is 2.23. The number of thiophene rings is 1. The largest absolute Gasteiger partial charge is 0.314 e. The highest BCUT2D eigenvalue weighted by atomic mass is 35.5. The van der Waals surface area contributed by atoms with Gasteiger partial charge in [-0.3, -0.25) is 14.1 Å². The summed E-state index contributed by atoms with van der Waals surface area (Å²) in [6.07, 6.45) is 3.51. The molecule has 0 bridgehead atoms. The van der Waals surface area contributed by atoms with Gasteiger partial charge >= 0.3 is 0 Å². The predicted molar refractivity (Wildman–Crippen MR) is 82.7 cm³/mol. The zero-order valence-electron chi connectivity index (χ0n) is 11.7. The summed E-state index contributed by atoms with van der Waals surface area (Å²) in [6, 6.07) is 1.89. The molecule has 0 atom stereocenters. The molecule has 6 nitrogen and oxygen atoms in total. The molecule has 21 heavy (non-hydrogen) atoms. The molecular weight excluding hydrogens is 310 g/mol. The molecule has 3 aromatic heterocycles. The minimum Gasteiger partial charge on any atom is -0.314 e. The van der Waals surface area contributed by atoms with Crippen LogP contribution in [0.15, 0.2) is 28.6 Å². The second kappa shape index (κ2) is 5.59. The van der Waals surface area contributed by atoms with Crippen LogP contribution in [0.1, 0.15) is 10.7 Å². The smallest absolute Gasteiger partial charge is 0.295 e. The summed E-state index contributed by atoms with van der Waals surface area (Å²) in [5.74, 6) is 0.734. The molecule has 110 valence electrons. The standard InChI is InChI=1S/C13H14ClN5OS/c1-17(7-10-9(14)3-6-21-10)8-11-15-16-12-13(20)18(2)4-5-19(11)12/h3-6H,7-8H2,1-2H3. The van der Waals surface area contributed by atoms with Crippen molar-refractivity contribution in [2.45, 2.75) is 13.1 Å². The van der Waals surface area contributed by atoms with E-state index in [2.05, 4.69) is 15.1 Å². The Bertz CT molecular complexity index is 837. The fourth-order valence-corrected chi connectivity index (χ4v) is 3.28. The Morgan fingerprint density at radius 2 is 2.14 bits per heavy atom. The van der Waals surface area contributed by atoms with E-state index in [1.165, 1.54) is 4.57 Å². The van der Waals surface area contributed by atoms with Crippen molar-refractivity contribution >= 4 is 28.6 Å². The quantitative estimate of drug-likeness (QED) is 0.734. The van der Waals surface area contributed by atoms with Gasteiger partial charge in [-0.1, -0.05) is 11.6 Å². The van der Waals surface area contributed by atoms with Gasteiger partial charge in [-0.15, -0.1) is 21.5 Å². The second-order valence-corrected chi connectivity index (χ2v) is 6.30. The topological polar surface area (TPSA) is 55.4 Å². The molecule has 0 spiro atoms. The molecule has 0 radical (unpaired) electrons. The average molecular weight is 324 g/mol. The summed E-state index contributed by atoms with van der Waals surface area (Å²) in [5.41, 5.74) is 0.192. The second-order valence-electron chi connectivity index (χ2n) is 4.89. The Hall–Kier alpha value is -1.70. The van der Waals surface area contributed by atoms with E-state index < -0.39 is 0 Å². The number of aromatic nitrogens is 4. The predicted octanol–water partition coefficient (Wildman–Crippen LogP) is 1.77. The molecule has 0 N–H and O–H groups in total. The van der Waals surface area contributed by atoms with Gasteiger partial charge in [0.1, 0.15) is 0 Å². The van der Waals surface area contributed by atoms with Crippen molar-refractivity contribution in [2.75, 3.05) is 7.05 Å². The Balaban J connectivity index is 1.84. The molecule has 8 heteroatoms. The first-order chi connectivity index (χ1) is 10.1. The van der Waals surface area contributed by atoms with E-state index >= 15 is 0 Å². The summed E-state index contributed by atoms with van der Waals surface area (Å²) < 4.78 is 3.22. The van der Waals surface area contributed by atoms with Crippen LogP contribution in [-0.4, -0.2) is 31.1 Å². The maximum atomic E-state index is 11.9. The number of fused-ring (bicyclic) bond motifs is 1. The summed E-state index contributed by atoms with van der Waals surface area (Å²) >= 11 is 7.73. The van der Waals surface area contributed by atoms with Crippen LogP contribution < -0.4 is 5.56 Å². The normalized spacial score (nSPS) is 11.6. The van der Waals surface area contributed by atoms with Gasteiger partial charge in [-0.25, -0.2) is 0 Å². The zero-order chi connectivity index (χ0) is 15.0. The van der Waals surface area contributed by atoms with Gasteiger partial charge in [0.25, 0.3) is 5.56 Å². The Morgan fingerprint density at radius 1 is 1.33 bits per heavy atom. The van der Waals surface area contributed by atoms with Gasteiger partial charge < -0.3 is 4.57 Å². The van der Waals surface area contributed by atoms with Crippen molar-refractivity contribution in [3.8, 4) is 0 Å². The third-order valence-corrected chi connectivity index (χ3v) is 4.61. The molecular formula is C13H14ClN5OS. The molecule has 0 amide bonds. The Kier molecular flexibility index (Phi) is 3.79. The summed E-state index contributed by atoms with van der Waals surface area (Å²) in [4.78, 5) is 15.1. The molecule has 0 aliphatic carbocycles. The molecule has 3 heterocycles. The third kappa shape index (κ3) is 2.72. The zero-order valence-corrected chi connectivity index (χ0v) is 13.2. The van der Waals surface area contributed by atoms with Crippen LogP contribution in [-0.2, 0) is 20.1 Å². The number of hydrogen-bond donors (Lipinski definition) is 0. The minimum absolute atomic E-state index is 0.153. The van der Waals surface area contributed by atoms with E-state index in [1.54, 1.807) is 35.2 Å². The summed E-state index contributed by atoms with van der Waals surface area (Å²) in [6.45, 7) is 1.32. The molecule has 0 saturated carbocycles. The van der Waals surface area contributed by atoms with E-state index in [-0.39, 0.29) is 5.56 Å². The van der Waals surface area contributed by atoms with Crippen LogP contribution in [0.25, 0.3) is 5.65 Å². The van der Waals surface area contributed by atoms with E-state index in [4.69, 9.17) is 11.6 Å². The molecule has 3 rings (SSSR count). The molecule has 0 unspecified atom stereocenters. The maximum Gasteiger partial charge on any atom is 0.295 e. The van der Waals surface area contributed by atoms with E-state index in [1.807, 2.05) is 18.5 Å². The lowest BCUT2D eigenvalue weighted by Gasteiger charge is -2.14. The van der Waals surface area contributed by atoms with Crippen LogP contribution in [0.2, 0.25) is 5.02 Å². The van der Waals surface area contributed by atoms with Gasteiger partial charge in [-0.05, 0) is 18.5 Å². The maximum absolute atomic E-state index is 11.9. The highest BCUT2D eigenvalue weighted by molar-refractivity contribution is 7.10. The molecule has 0 aromatic carbocycles. The number of rotatable bonds is 4. The van der Waals surface area contributed by atoms with Crippen LogP contribution in [0, 0.1) is 0 Å². The van der Waals surface area contributed by atoms with Crippen molar-refractivity contribution in [2.24, 2.45) is 7.05 Å². The minimum atomic E-state index is -0.153. The van der Waals surface area contributed by atoms with Gasteiger partial charge in [-0.2, -0.15) is 0 Å². The third-order valence-electron chi connectivity index (χ3n) is 3.23. The van der Waals surface area contributed by atoms with Crippen LogP contribution in [0.4, 0.5) is 0 Å². The molecule has 0 aliphatic rings. The van der Waals surface area contributed by atoms with Crippen molar-refractivity contribution < 1.29 is 0 Å². The molecule has 0 aliphatic heterocycles. The van der Waals surface area contributed by atoms with Gasteiger partial charge in [0, 0.05) is 30.9 Å². The van der Waals surface area contributed by atoms with E-state index in [9.17, 15) is 4.79 Å². The van der Waals surface area contributed by atoms with Gasteiger partial charge in [0.15, 0.2) is 5.82 Å². The monoisotopic (exact) mass is 323 g/mol. The van der Waals surface area contributed by atoms with E-state index in [0.29, 0.717) is 12.2 Å². The van der Waals surface area contributed by atoms with Crippen molar-refractivity contribution in [1.29, 1.82) is 0 Å². The molecule has 0 saturated heterocycles. The first-order valence-electron chi connectivity index (χ1n) is 6.36. The van der Waals surface area contributed by atoms with Crippen molar-refractivity contribution in [3.05, 3.63) is 49.9 Å². The Morgan fingerprint density at radius 3 is 2.86 bits per heavy atom. The molecule has 3 aromatic rings. The number of hydrogen-bond acceptors (Lipinski definition) is 5. The average Bonchev–Trinajstić information content (AvgIpc) is 3.02. The first kappa shape index (κ1) is 14.2. The van der Waals surface area contributed by atoms with Crippen LogP contribution in [0.5, 0.6) is 0 Å². The highest BCUT2D eigenvalue weighted by Gasteiger charge is 2.12. The lowest BCUT2D eigenvalue weighted by atomic mass is 10.4. The van der Waals surface area contributed by atoms with Crippen LogP contribution in [0.3, 0.4) is 0 Å². The first-order valence-corrected chi connectivity index (χ1v) is 7.61. The number of halogens is 1. The lowest BCUT2D eigenvalue weighted by Crippen LogP contribution is -2.21. The fraction of sp³-hybridized carbons (Fsp3) is 0.308. The number of aryl methyl sites for hydroxylation is 1. The van der Waals surface area contributed by atoms with Crippen molar-refractivity contribution in [1.82, 2.24) is 24.1 Å². The number of nitrogens with zero attached hydrogens (tertiary/aromatic N) is 5. The van der Waals surface area contributed by atoms with Gasteiger partial charge in [0.2, 0.25) is 5.65 Å². The Labute approximate surface area is 130 Å². The fourth-order valence-electron chi connectivity index (χ4n) is 2.11. The summed E-state index contributed by atoms with van der Waals surface area (Å²) in [5, 5.41) is 10.9. The van der Waals surface area contributed by atoms with Crippen molar-refractivity contribution in [3.63, 3.8) is 0 Å². The summed E-state index contributed by atoms with van der Waals surface area (Å²) in [7, 11) is 3.68.